The van der Waals surface area contributed by atoms with Crippen LogP contribution in [0.5, 0.6) is 0 Å². The Balaban J connectivity index is 1.84. The second kappa shape index (κ2) is 12.3. The van der Waals surface area contributed by atoms with E-state index >= 15 is 4.39 Å². The van der Waals surface area contributed by atoms with Crippen LogP contribution >= 0.6 is 11.3 Å². The van der Waals surface area contributed by atoms with Crippen molar-refractivity contribution in [1.82, 2.24) is 14.3 Å². The van der Waals surface area contributed by atoms with Crippen LogP contribution in [0.3, 0.4) is 0 Å². The van der Waals surface area contributed by atoms with Crippen molar-refractivity contribution < 1.29 is 31.9 Å². The van der Waals surface area contributed by atoms with Crippen molar-refractivity contribution >= 4 is 33.4 Å². The number of halogens is 1. The summed E-state index contributed by atoms with van der Waals surface area (Å²) < 4.78 is 54.5. The smallest absolute Gasteiger partial charge is 0.421 e. The summed E-state index contributed by atoms with van der Waals surface area (Å²) in [5.74, 6) is 0.0494. The first-order chi connectivity index (χ1) is 17.5. The number of nitrogens with zero attached hydrogens (tertiary/aromatic N) is 2. The Morgan fingerprint density at radius 1 is 1.19 bits per heavy atom. The molecule has 200 valence electrons. The molecule has 37 heavy (non-hydrogen) atoms. The third-order valence-corrected chi connectivity index (χ3v) is 8.32. The Hall–Kier alpha value is -3.25. The summed E-state index contributed by atoms with van der Waals surface area (Å²) in [5, 5.41) is 0. The van der Waals surface area contributed by atoms with E-state index in [2.05, 4.69) is 4.98 Å². The van der Waals surface area contributed by atoms with E-state index in [0.29, 0.717) is 23.1 Å². The number of nitrogens with one attached hydrogen (secondary N) is 1. The number of aryl methyl sites for hydroxylation is 1. The van der Waals surface area contributed by atoms with Crippen molar-refractivity contribution in [1.29, 1.82) is 0 Å². The van der Waals surface area contributed by atoms with Crippen molar-refractivity contribution in [2.24, 2.45) is 5.92 Å². The number of aromatic nitrogens is 2. The molecule has 1 N–H and O–H groups in total. The maximum atomic E-state index is 15.1. The number of imidazole rings is 1. The van der Waals surface area contributed by atoms with Gasteiger partial charge in [0.25, 0.3) is 10.0 Å². The molecule has 12 heteroatoms. The Bertz CT molecular complexity index is 1360. The maximum Gasteiger partial charge on any atom is 0.421 e. The van der Waals surface area contributed by atoms with Crippen LogP contribution in [0.15, 0.2) is 40.9 Å². The Labute approximate surface area is 219 Å². The molecule has 0 spiro atoms. The highest BCUT2D eigenvalue weighted by Crippen LogP contribution is 2.37. The zero-order valence-corrected chi connectivity index (χ0v) is 22.7. The molecular formula is C25H30FN3O6S2. The van der Waals surface area contributed by atoms with Crippen molar-refractivity contribution in [2.75, 3.05) is 13.2 Å². The lowest BCUT2D eigenvalue weighted by Gasteiger charge is -2.11. The predicted molar refractivity (Wildman–Crippen MR) is 137 cm³/mol. The van der Waals surface area contributed by atoms with Crippen LogP contribution in [0.25, 0.3) is 11.1 Å². The fourth-order valence-electron chi connectivity index (χ4n) is 3.50. The van der Waals surface area contributed by atoms with Gasteiger partial charge >= 0.3 is 12.1 Å². The molecule has 0 saturated carbocycles. The number of esters is 1. The average Bonchev–Trinajstić information content (AvgIpc) is 3.43. The zero-order chi connectivity index (χ0) is 27.2. The Kier molecular flexibility index (Phi) is 9.44. The van der Waals surface area contributed by atoms with E-state index < -0.39 is 27.9 Å². The van der Waals surface area contributed by atoms with E-state index in [-0.39, 0.29) is 36.3 Å². The molecule has 0 aliphatic heterocycles. The highest BCUT2D eigenvalue weighted by Gasteiger charge is 2.27. The molecule has 0 bridgehead atoms. The number of sulfonamides is 1. The molecule has 0 radical (unpaired) electrons. The largest absolute Gasteiger partial charge is 0.462 e. The van der Waals surface area contributed by atoms with Crippen LogP contribution < -0.4 is 4.72 Å². The lowest BCUT2D eigenvalue weighted by Crippen LogP contribution is -2.31. The van der Waals surface area contributed by atoms with Gasteiger partial charge in [0.1, 0.15) is 29.1 Å². The third kappa shape index (κ3) is 7.62. The zero-order valence-electron chi connectivity index (χ0n) is 21.1. The number of carbonyl (C=O) groups is 2. The van der Waals surface area contributed by atoms with E-state index in [0.717, 1.165) is 22.0 Å². The van der Waals surface area contributed by atoms with Crippen molar-refractivity contribution in [3.63, 3.8) is 0 Å². The number of hydrogen-bond donors (Lipinski definition) is 1. The minimum absolute atomic E-state index is 0.116. The Morgan fingerprint density at radius 3 is 2.54 bits per heavy atom. The minimum Gasteiger partial charge on any atom is -0.462 e. The van der Waals surface area contributed by atoms with Gasteiger partial charge in [-0.25, -0.2) is 27.3 Å². The van der Waals surface area contributed by atoms with Crippen LogP contribution in [-0.2, 0) is 37.3 Å². The molecular weight excluding hydrogens is 521 g/mol. The lowest BCUT2D eigenvalue weighted by atomic mass is 10.0. The molecule has 9 nitrogen and oxygen atoms in total. The Morgan fingerprint density at radius 2 is 1.92 bits per heavy atom. The van der Waals surface area contributed by atoms with Gasteiger partial charge in [0.05, 0.1) is 6.54 Å². The molecule has 0 atom stereocenters. The van der Waals surface area contributed by atoms with Crippen molar-refractivity contribution in [2.45, 2.75) is 51.3 Å². The first-order valence-corrected chi connectivity index (χ1v) is 14.0. The fraction of sp³-hybridized carbons (Fsp3) is 0.400. The van der Waals surface area contributed by atoms with Crippen LogP contribution in [0, 0.1) is 18.7 Å². The normalized spacial score (nSPS) is 11.5. The van der Waals surface area contributed by atoms with E-state index in [9.17, 15) is 18.0 Å². The number of thiophene rings is 1. The van der Waals surface area contributed by atoms with Gasteiger partial charge in [-0.1, -0.05) is 32.9 Å². The monoisotopic (exact) mass is 551 g/mol. The van der Waals surface area contributed by atoms with Gasteiger partial charge in [0.2, 0.25) is 0 Å². The first kappa shape index (κ1) is 28.3. The quantitative estimate of drug-likeness (QED) is 0.272. The molecule has 0 fully saturated rings. The first-order valence-electron chi connectivity index (χ1n) is 11.7. The van der Waals surface area contributed by atoms with Crippen LogP contribution in [0.1, 0.15) is 43.5 Å². The predicted octanol–water partition coefficient (Wildman–Crippen LogP) is 4.67. The molecule has 0 unspecified atom stereocenters. The fourth-order valence-corrected chi connectivity index (χ4v) is 6.34. The van der Waals surface area contributed by atoms with Gasteiger partial charge in [0, 0.05) is 34.8 Å². The molecule has 3 rings (SSSR count). The number of carbonyl (C=O) groups excluding carboxylic acids is 2. The molecule has 2 heterocycles. The second-order valence-electron chi connectivity index (χ2n) is 8.74. The van der Waals surface area contributed by atoms with Gasteiger partial charge < -0.3 is 14.0 Å². The van der Waals surface area contributed by atoms with Gasteiger partial charge in [-0.15, -0.1) is 11.3 Å². The van der Waals surface area contributed by atoms with Gasteiger partial charge in [-0.3, -0.25) is 4.79 Å². The summed E-state index contributed by atoms with van der Waals surface area (Å²) >= 11 is 1.02. The summed E-state index contributed by atoms with van der Waals surface area (Å²) in [4.78, 5) is 28.2. The topological polar surface area (TPSA) is 117 Å². The number of hydrogen-bond acceptors (Lipinski definition) is 8. The third-order valence-electron chi connectivity index (χ3n) is 5.32. The molecule has 3 aromatic rings. The van der Waals surface area contributed by atoms with Crippen molar-refractivity contribution in [3.8, 4) is 11.1 Å². The van der Waals surface area contributed by atoms with Gasteiger partial charge in [-0.05, 0) is 37.0 Å². The summed E-state index contributed by atoms with van der Waals surface area (Å²) in [6, 6.07) is 6.27. The summed E-state index contributed by atoms with van der Waals surface area (Å²) in [7, 11) is -4.33. The number of benzene rings is 1. The molecule has 2 aromatic heterocycles. The summed E-state index contributed by atoms with van der Waals surface area (Å²) in [5.41, 5.74) is 1.09. The standard InChI is InChI=1S/C25H30FN3O6S2/c1-5-23(30)34-10-11-35-25(31)28-37(32,33)24-21(14-20(36-24)12-16(2)3)18-6-7-19(22(26)13-18)15-29-9-8-27-17(29)4/h6-9,13-14,16H,5,10-12,15H2,1-4H3,(H,28,31). The highest BCUT2D eigenvalue weighted by molar-refractivity contribution is 7.92. The maximum absolute atomic E-state index is 15.1. The van der Waals surface area contributed by atoms with Crippen LogP contribution in [0.2, 0.25) is 0 Å². The molecule has 1 aromatic carbocycles. The highest BCUT2D eigenvalue weighted by atomic mass is 32.2. The number of amides is 1. The number of ether oxygens (including phenoxy) is 2. The van der Waals surface area contributed by atoms with Crippen LogP contribution in [0.4, 0.5) is 9.18 Å². The molecule has 1 amide bonds. The summed E-state index contributed by atoms with van der Waals surface area (Å²) in [6.45, 7) is 7.24. The minimum atomic E-state index is -4.33. The lowest BCUT2D eigenvalue weighted by molar-refractivity contribution is -0.144. The molecule has 0 aliphatic rings. The van der Waals surface area contributed by atoms with E-state index in [1.807, 2.05) is 25.5 Å². The van der Waals surface area contributed by atoms with Gasteiger partial charge in [0.15, 0.2) is 0 Å². The van der Waals surface area contributed by atoms with Crippen LogP contribution in [-0.4, -0.2) is 43.2 Å². The van der Waals surface area contributed by atoms with E-state index in [1.165, 1.54) is 6.07 Å². The van der Waals surface area contributed by atoms with Gasteiger partial charge in [-0.2, -0.15) is 0 Å². The van der Waals surface area contributed by atoms with Crippen molar-refractivity contribution in [3.05, 3.63) is 58.7 Å². The molecule has 0 aliphatic carbocycles. The SMILES string of the molecule is CCC(=O)OCCOC(=O)NS(=O)(=O)c1sc(CC(C)C)cc1-c1ccc(Cn2ccnc2C)c(F)c1. The molecule has 0 saturated heterocycles. The second-order valence-corrected chi connectivity index (χ2v) is 11.8. The summed E-state index contributed by atoms with van der Waals surface area (Å²) in [6.07, 6.45) is 2.97. The van der Waals surface area contributed by atoms with E-state index in [1.54, 1.807) is 42.1 Å². The average molecular weight is 552 g/mol. The van der Waals surface area contributed by atoms with E-state index in [4.69, 9.17) is 9.47 Å². The number of rotatable bonds is 11.